The van der Waals surface area contributed by atoms with E-state index in [1.54, 1.807) is 13.0 Å². The number of halogens is 1. The Morgan fingerprint density at radius 2 is 2.05 bits per heavy atom. The average molecular weight is 304 g/mol. The maximum absolute atomic E-state index is 12.4. The number of ketones is 1. The molecule has 1 aliphatic rings. The molecule has 1 aromatic heterocycles. The van der Waals surface area contributed by atoms with E-state index in [2.05, 4.69) is 4.98 Å². The molecule has 2 N–H and O–H groups in total. The number of benzene rings is 1. The zero-order valence-corrected chi connectivity index (χ0v) is 12.2. The van der Waals surface area contributed by atoms with E-state index in [1.807, 2.05) is 18.2 Å². The molecule has 4 nitrogen and oxygen atoms in total. The fourth-order valence-electron chi connectivity index (χ4n) is 3.07. The minimum Gasteiger partial charge on any atom is -0.477 e. The van der Waals surface area contributed by atoms with Gasteiger partial charge in [-0.05, 0) is 36.5 Å². The largest absolute Gasteiger partial charge is 0.477 e. The summed E-state index contributed by atoms with van der Waals surface area (Å²) in [6.07, 6.45) is 0.952. The van der Waals surface area contributed by atoms with E-state index < -0.39 is 5.97 Å². The molecule has 0 bridgehead atoms. The number of fused-ring (bicyclic) bond motifs is 1. The molecule has 0 amide bonds. The van der Waals surface area contributed by atoms with Crippen molar-refractivity contribution in [1.82, 2.24) is 4.98 Å². The van der Waals surface area contributed by atoms with E-state index in [9.17, 15) is 9.59 Å². The van der Waals surface area contributed by atoms with Gasteiger partial charge in [0.25, 0.3) is 0 Å². The Kier molecular flexibility index (Phi) is 3.33. The minimum absolute atomic E-state index is 0.0154. The first kappa shape index (κ1) is 13.9. The number of Topliss-reactive ketones (excluding diaryl/α,β-unsaturated/α-hetero) is 1. The van der Waals surface area contributed by atoms with Crippen LogP contribution in [0.1, 0.15) is 50.0 Å². The summed E-state index contributed by atoms with van der Waals surface area (Å²) < 4.78 is 0. The summed E-state index contributed by atoms with van der Waals surface area (Å²) in [6.45, 7) is 1.67. The maximum atomic E-state index is 12.4. The molecule has 0 saturated carbocycles. The van der Waals surface area contributed by atoms with Crippen LogP contribution in [0.25, 0.3) is 0 Å². The SMILES string of the molecule is Cc1c(C(=O)O)[nH]c2c1C(=O)CC(c1ccccc1Cl)C2. The lowest BCUT2D eigenvalue weighted by Gasteiger charge is -2.22. The number of hydrogen-bond donors (Lipinski definition) is 2. The van der Waals surface area contributed by atoms with E-state index in [4.69, 9.17) is 16.7 Å². The number of aromatic carboxylic acids is 1. The van der Waals surface area contributed by atoms with Crippen molar-refractivity contribution in [3.63, 3.8) is 0 Å². The molecule has 3 rings (SSSR count). The molecule has 0 radical (unpaired) electrons. The Labute approximate surface area is 126 Å². The van der Waals surface area contributed by atoms with E-state index in [0.29, 0.717) is 34.7 Å². The molecular formula is C16H14ClNO3. The smallest absolute Gasteiger partial charge is 0.352 e. The first-order valence-electron chi connectivity index (χ1n) is 6.71. The molecule has 5 heteroatoms. The quantitative estimate of drug-likeness (QED) is 0.890. The number of aromatic nitrogens is 1. The highest BCUT2D eigenvalue weighted by Gasteiger charge is 2.32. The number of H-pyrrole nitrogens is 1. The van der Waals surface area contributed by atoms with Crippen molar-refractivity contribution in [2.75, 3.05) is 0 Å². The summed E-state index contributed by atoms with van der Waals surface area (Å²) in [5, 5.41) is 9.80. The van der Waals surface area contributed by atoms with Crippen molar-refractivity contribution in [3.05, 3.63) is 57.4 Å². The second-order valence-corrected chi connectivity index (χ2v) is 5.74. The number of rotatable bonds is 2. The molecule has 1 unspecified atom stereocenters. The minimum atomic E-state index is -1.04. The number of aromatic amines is 1. The third-order valence-corrected chi connectivity index (χ3v) is 4.39. The zero-order valence-electron chi connectivity index (χ0n) is 11.4. The number of hydrogen-bond acceptors (Lipinski definition) is 2. The topological polar surface area (TPSA) is 70.2 Å². The molecule has 1 aliphatic carbocycles. The van der Waals surface area contributed by atoms with Crippen LogP contribution in [0.2, 0.25) is 5.02 Å². The van der Waals surface area contributed by atoms with Crippen molar-refractivity contribution in [2.24, 2.45) is 0 Å². The van der Waals surface area contributed by atoms with Crippen LogP contribution in [0.15, 0.2) is 24.3 Å². The molecule has 1 atom stereocenters. The monoisotopic (exact) mass is 303 g/mol. The predicted molar refractivity (Wildman–Crippen MR) is 79.3 cm³/mol. The second-order valence-electron chi connectivity index (χ2n) is 5.33. The van der Waals surface area contributed by atoms with Crippen LogP contribution in [0, 0.1) is 6.92 Å². The first-order chi connectivity index (χ1) is 9.99. The second kappa shape index (κ2) is 5.04. The fourth-order valence-corrected chi connectivity index (χ4v) is 3.36. The summed E-state index contributed by atoms with van der Waals surface area (Å²) in [7, 11) is 0. The lowest BCUT2D eigenvalue weighted by molar-refractivity contribution is 0.0690. The van der Waals surface area contributed by atoms with Crippen LogP contribution in [-0.2, 0) is 6.42 Å². The number of carbonyl (C=O) groups is 2. The normalized spacial score (nSPS) is 17.6. The van der Waals surface area contributed by atoms with Crippen molar-refractivity contribution in [2.45, 2.75) is 25.7 Å². The number of carbonyl (C=O) groups excluding carboxylic acids is 1. The van der Waals surface area contributed by atoms with Gasteiger partial charge in [-0.15, -0.1) is 0 Å². The third kappa shape index (κ3) is 2.25. The Morgan fingerprint density at radius 1 is 1.33 bits per heavy atom. The highest BCUT2D eigenvalue weighted by Crippen LogP contribution is 2.37. The summed E-state index contributed by atoms with van der Waals surface area (Å²) in [4.78, 5) is 26.5. The fraction of sp³-hybridized carbons (Fsp3) is 0.250. The van der Waals surface area contributed by atoms with Gasteiger partial charge in [0.05, 0.1) is 0 Å². The standard InChI is InChI=1S/C16H14ClNO3/c1-8-14-12(18-15(8)16(20)21)6-9(7-13(14)19)10-4-2-3-5-11(10)17/h2-5,9,18H,6-7H2,1H3,(H,20,21). The number of carboxylic acids is 1. The van der Waals surface area contributed by atoms with Crippen LogP contribution >= 0.6 is 11.6 Å². The van der Waals surface area contributed by atoms with Gasteiger partial charge >= 0.3 is 5.97 Å². The molecule has 108 valence electrons. The Morgan fingerprint density at radius 3 is 2.71 bits per heavy atom. The van der Waals surface area contributed by atoms with Gasteiger partial charge in [0.1, 0.15) is 5.69 Å². The van der Waals surface area contributed by atoms with Gasteiger partial charge in [0.2, 0.25) is 0 Å². The Balaban J connectivity index is 2.04. The van der Waals surface area contributed by atoms with Gasteiger partial charge in [-0.3, -0.25) is 4.79 Å². The number of carboxylic acid groups (broad SMARTS) is 1. The summed E-state index contributed by atoms with van der Waals surface area (Å²) in [5.41, 5.74) is 2.80. The molecule has 0 saturated heterocycles. The highest BCUT2D eigenvalue weighted by atomic mass is 35.5. The maximum Gasteiger partial charge on any atom is 0.352 e. The van der Waals surface area contributed by atoms with E-state index in [-0.39, 0.29) is 17.4 Å². The molecule has 21 heavy (non-hydrogen) atoms. The van der Waals surface area contributed by atoms with E-state index in [1.165, 1.54) is 0 Å². The van der Waals surface area contributed by atoms with Crippen molar-refractivity contribution < 1.29 is 14.7 Å². The van der Waals surface area contributed by atoms with Crippen molar-refractivity contribution in [1.29, 1.82) is 0 Å². The molecule has 0 spiro atoms. The molecule has 2 aromatic rings. The molecule has 1 aromatic carbocycles. The third-order valence-electron chi connectivity index (χ3n) is 4.05. The molecule has 0 fully saturated rings. The van der Waals surface area contributed by atoms with Gasteiger partial charge in [-0.2, -0.15) is 0 Å². The average Bonchev–Trinajstić information content (AvgIpc) is 2.77. The highest BCUT2D eigenvalue weighted by molar-refractivity contribution is 6.31. The molecule has 1 heterocycles. The van der Waals surface area contributed by atoms with Crippen molar-refractivity contribution >= 4 is 23.4 Å². The molecular weight excluding hydrogens is 290 g/mol. The van der Waals surface area contributed by atoms with E-state index >= 15 is 0 Å². The lowest BCUT2D eigenvalue weighted by atomic mass is 9.81. The zero-order chi connectivity index (χ0) is 15.1. The summed E-state index contributed by atoms with van der Waals surface area (Å²) in [6, 6.07) is 7.46. The van der Waals surface area contributed by atoms with E-state index in [0.717, 1.165) is 5.56 Å². The number of nitrogens with one attached hydrogen (secondary N) is 1. The van der Waals surface area contributed by atoms with Crippen LogP contribution in [0.5, 0.6) is 0 Å². The Bertz CT molecular complexity index is 748. The van der Waals surface area contributed by atoms with Gasteiger partial charge in [-0.1, -0.05) is 29.8 Å². The Hall–Kier alpha value is -2.07. The molecule has 0 aliphatic heterocycles. The lowest BCUT2D eigenvalue weighted by Crippen LogP contribution is -2.18. The van der Waals surface area contributed by atoms with Crippen LogP contribution < -0.4 is 0 Å². The van der Waals surface area contributed by atoms with Crippen LogP contribution in [0.4, 0.5) is 0 Å². The van der Waals surface area contributed by atoms with Gasteiger partial charge in [0, 0.05) is 22.7 Å². The van der Waals surface area contributed by atoms with Gasteiger partial charge in [-0.25, -0.2) is 4.79 Å². The van der Waals surface area contributed by atoms with Gasteiger partial charge < -0.3 is 10.1 Å². The van der Waals surface area contributed by atoms with Crippen molar-refractivity contribution in [3.8, 4) is 0 Å². The predicted octanol–water partition coefficient (Wildman–Crippen LogP) is 3.59. The first-order valence-corrected chi connectivity index (χ1v) is 7.09. The van der Waals surface area contributed by atoms with Crippen LogP contribution in [-0.4, -0.2) is 21.8 Å². The summed E-state index contributed by atoms with van der Waals surface area (Å²) >= 11 is 6.20. The van der Waals surface area contributed by atoms with Gasteiger partial charge in [0.15, 0.2) is 5.78 Å². The summed E-state index contributed by atoms with van der Waals surface area (Å²) in [5.74, 6) is -1.08. The van der Waals surface area contributed by atoms with Crippen LogP contribution in [0.3, 0.4) is 0 Å².